The van der Waals surface area contributed by atoms with Gasteiger partial charge in [-0.15, -0.1) is 0 Å². The van der Waals surface area contributed by atoms with Crippen LogP contribution in [-0.2, 0) is 30.5 Å². The van der Waals surface area contributed by atoms with Crippen LogP contribution in [-0.4, -0.2) is 60.0 Å². The van der Waals surface area contributed by atoms with Crippen molar-refractivity contribution in [1.82, 2.24) is 10.6 Å². The summed E-state index contributed by atoms with van der Waals surface area (Å²) in [6, 6.07) is 6.55. The van der Waals surface area contributed by atoms with Crippen molar-refractivity contribution in [1.29, 1.82) is 0 Å². The van der Waals surface area contributed by atoms with Gasteiger partial charge in [0.2, 0.25) is 5.91 Å². The summed E-state index contributed by atoms with van der Waals surface area (Å²) in [5.41, 5.74) is 0.771. The van der Waals surface area contributed by atoms with Crippen LogP contribution in [0.3, 0.4) is 0 Å². The second-order valence-corrected chi connectivity index (χ2v) is 6.39. The first-order valence-corrected chi connectivity index (χ1v) is 9.56. The van der Waals surface area contributed by atoms with Gasteiger partial charge in [0.25, 0.3) is 0 Å². The number of alkyl carbamates (subject to hydrolysis) is 1. The smallest absolute Gasteiger partial charge is 0.408 e. The lowest BCUT2D eigenvalue weighted by molar-refractivity contribution is -0.142. The number of carbonyl (C=O) groups is 4. The Morgan fingerprint density at radius 1 is 1.11 bits per heavy atom. The van der Waals surface area contributed by atoms with E-state index in [1.165, 1.54) is 7.11 Å². The first kappa shape index (κ1) is 23.6. The molecule has 0 aliphatic carbocycles. The molecule has 0 saturated heterocycles. The van der Waals surface area contributed by atoms with Gasteiger partial charge in [0, 0.05) is 13.5 Å². The zero-order valence-corrected chi connectivity index (χ0v) is 16.9. The van der Waals surface area contributed by atoms with E-state index < -0.39 is 30.1 Å². The first-order chi connectivity index (χ1) is 13.4. The van der Waals surface area contributed by atoms with Crippen LogP contribution in [0.4, 0.5) is 4.79 Å². The molecule has 0 spiro atoms. The zero-order valence-electron chi connectivity index (χ0n) is 15.4. The number of amides is 2. The Morgan fingerprint density at radius 2 is 1.79 bits per heavy atom. The standard InChI is InChI=1S/C18H23BrN2O7/c1-27-11-15(21-18(26)28-10-12-5-3-2-4-6-12)16(23)20-14(17(24)25)8-7-13(22)9-19/h2-6,14-15H,7-11H2,1H3,(H,20,23)(H,21,26)(H,24,25). The SMILES string of the molecule is COCC(NC(=O)OCc1ccccc1)C(=O)NC(CCC(=O)CBr)C(=O)O. The molecule has 0 heterocycles. The molecule has 3 N–H and O–H groups in total. The molecule has 10 heteroatoms. The van der Waals surface area contributed by atoms with Crippen molar-refractivity contribution in [3.8, 4) is 0 Å². The number of carboxylic acids is 1. The number of aliphatic carboxylic acids is 1. The van der Waals surface area contributed by atoms with Gasteiger partial charge in [-0.1, -0.05) is 46.3 Å². The second kappa shape index (κ2) is 12.8. The van der Waals surface area contributed by atoms with Crippen LogP contribution in [0.25, 0.3) is 0 Å². The third-order valence-corrected chi connectivity index (χ3v) is 4.26. The van der Waals surface area contributed by atoms with E-state index in [1.54, 1.807) is 24.3 Å². The van der Waals surface area contributed by atoms with Crippen molar-refractivity contribution in [2.75, 3.05) is 19.0 Å². The van der Waals surface area contributed by atoms with E-state index in [2.05, 4.69) is 26.6 Å². The highest BCUT2D eigenvalue weighted by Crippen LogP contribution is 2.03. The third-order valence-electron chi connectivity index (χ3n) is 3.63. The summed E-state index contributed by atoms with van der Waals surface area (Å²) in [5, 5.41) is 14.0. The van der Waals surface area contributed by atoms with Gasteiger partial charge in [0.15, 0.2) is 0 Å². The molecule has 0 fully saturated rings. The van der Waals surface area contributed by atoms with Gasteiger partial charge in [-0.3, -0.25) is 9.59 Å². The highest BCUT2D eigenvalue weighted by Gasteiger charge is 2.27. The lowest BCUT2D eigenvalue weighted by atomic mass is 10.1. The van der Waals surface area contributed by atoms with Gasteiger partial charge < -0.3 is 25.2 Å². The maximum Gasteiger partial charge on any atom is 0.408 e. The van der Waals surface area contributed by atoms with Gasteiger partial charge in [-0.2, -0.15) is 0 Å². The Labute approximate surface area is 170 Å². The summed E-state index contributed by atoms with van der Waals surface area (Å²) >= 11 is 2.99. The number of alkyl halides is 1. The number of benzene rings is 1. The molecule has 2 atom stereocenters. The Hall–Kier alpha value is -2.46. The molecule has 9 nitrogen and oxygen atoms in total. The molecule has 0 aliphatic rings. The number of rotatable bonds is 12. The van der Waals surface area contributed by atoms with Crippen LogP contribution in [0.5, 0.6) is 0 Å². The van der Waals surface area contributed by atoms with Crippen molar-refractivity contribution in [2.24, 2.45) is 0 Å². The predicted octanol–water partition coefficient (Wildman–Crippen LogP) is 1.24. The summed E-state index contributed by atoms with van der Waals surface area (Å²) < 4.78 is 9.96. The minimum Gasteiger partial charge on any atom is -0.480 e. The Bertz CT molecular complexity index is 669. The summed E-state index contributed by atoms with van der Waals surface area (Å²) in [5.74, 6) is -2.22. The normalized spacial score (nSPS) is 12.5. The molecule has 0 radical (unpaired) electrons. The van der Waals surface area contributed by atoms with Crippen molar-refractivity contribution in [2.45, 2.75) is 31.5 Å². The maximum atomic E-state index is 12.4. The number of nitrogens with one attached hydrogen (secondary N) is 2. The minimum absolute atomic E-state index is 0.00993. The van der Waals surface area contributed by atoms with Crippen molar-refractivity contribution >= 4 is 39.7 Å². The molecule has 0 aromatic heterocycles. The lowest BCUT2D eigenvalue weighted by Crippen LogP contribution is -2.53. The average Bonchev–Trinajstić information content (AvgIpc) is 2.69. The number of hydrogen-bond acceptors (Lipinski definition) is 6. The molecule has 2 unspecified atom stereocenters. The summed E-state index contributed by atoms with van der Waals surface area (Å²) in [6.45, 7) is -0.167. The van der Waals surface area contributed by atoms with Crippen molar-refractivity contribution in [3.05, 3.63) is 35.9 Å². The van der Waals surface area contributed by atoms with E-state index in [0.717, 1.165) is 5.56 Å². The van der Waals surface area contributed by atoms with E-state index in [9.17, 15) is 24.3 Å². The van der Waals surface area contributed by atoms with Crippen molar-refractivity contribution in [3.63, 3.8) is 0 Å². The van der Waals surface area contributed by atoms with Crippen LogP contribution in [0.2, 0.25) is 0 Å². The second-order valence-electron chi connectivity index (χ2n) is 5.82. The molecular weight excluding hydrogens is 436 g/mol. The third kappa shape index (κ3) is 8.96. The van der Waals surface area contributed by atoms with Gasteiger partial charge >= 0.3 is 12.1 Å². The predicted molar refractivity (Wildman–Crippen MR) is 103 cm³/mol. The zero-order chi connectivity index (χ0) is 20.9. The van der Waals surface area contributed by atoms with Crippen LogP contribution in [0.15, 0.2) is 30.3 Å². The number of methoxy groups -OCH3 is 1. The molecule has 1 rings (SSSR count). The fraction of sp³-hybridized carbons (Fsp3) is 0.444. The summed E-state index contributed by atoms with van der Waals surface area (Å²) in [7, 11) is 1.33. The van der Waals surface area contributed by atoms with Crippen molar-refractivity contribution < 1.29 is 33.8 Å². The fourth-order valence-electron chi connectivity index (χ4n) is 2.16. The molecule has 1 aromatic rings. The fourth-order valence-corrected chi connectivity index (χ4v) is 2.44. The molecule has 2 amide bonds. The molecular formula is C18H23BrN2O7. The van der Waals surface area contributed by atoms with E-state index in [0.29, 0.717) is 0 Å². The molecule has 0 bridgehead atoms. The minimum atomic E-state index is -1.28. The van der Waals surface area contributed by atoms with Gasteiger partial charge in [-0.05, 0) is 12.0 Å². The number of ether oxygens (including phenoxy) is 2. The van der Waals surface area contributed by atoms with Crippen LogP contribution in [0.1, 0.15) is 18.4 Å². The Balaban J connectivity index is 2.61. The van der Waals surface area contributed by atoms with Crippen LogP contribution < -0.4 is 10.6 Å². The van der Waals surface area contributed by atoms with E-state index in [1.807, 2.05) is 6.07 Å². The van der Waals surface area contributed by atoms with E-state index in [4.69, 9.17) is 9.47 Å². The number of halogens is 1. The van der Waals surface area contributed by atoms with E-state index in [-0.39, 0.29) is 37.2 Å². The summed E-state index contributed by atoms with van der Waals surface area (Å²) in [4.78, 5) is 47.0. The van der Waals surface area contributed by atoms with Gasteiger partial charge in [-0.25, -0.2) is 9.59 Å². The molecule has 0 saturated carbocycles. The van der Waals surface area contributed by atoms with Gasteiger partial charge in [0.1, 0.15) is 24.5 Å². The topological polar surface area (TPSA) is 131 Å². The highest BCUT2D eigenvalue weighted by molar-refractivity contribution is 9.09. The Kier molecular flexibility index (Phi) is 10.8. The monoisotopic (exact) mass is 458 g/mol. The number of Topliss-reactive ketones (excluding diaryl/α,β-unsaturated/α-hetero) is 1. The van der Waals surface area contributed by atoms with E-state index >= 15 is 0 Å². The maximum absolute atomic E-state index is 12.4. The summed E-state index contributed by atoms with van der Waals surface area (Å²) in [6.07, 6.45) is -0.921. The lowest BCUT2D eigenvalue weighted by Gasteiger charge is -2.20. The average molecular weight is 459 g/mol. The highest BCUT2D eigenvalue weighted by atomic mass is 79.9. The number of ketones is 1. The largest absolute Gasteiger partial charge is 0.480 e. The first-order valence-electron chi connectivity index (χ1n) is 8.44. The Morgan fingerprint density at radius 3 is 2.36 bits per heavy atom. The molecule has 0 aliphatic heterocycles. The number of carbonyl (C=O) groups excluding carboxylic acids is 3. The molecule has 154 valence electrons. The van der Waals surface area contributed by atoms with Gasteiger partial charge in [0.05, 0.1) is 11.9 Å². The number of carboxylic acid groups (broad SMARTS) is 1. The quantitative estimate of drug-likeness (QED) is 0.401. The van der Waals surface area contributed by atoms with Crippen LogP contribution in [0, 0.1) is 0 Å². The molecule has 28 heavy (non-hydrogen) atoms. The molecule has 1 aromatic carbocycles. The number of hydrogen-bond donors (Lipinski definition) is 3. The van der Waals surface area contributed by atoms with Crippen LogP contribution >= 0.6 is 15.9 Å².